The van der Waals surface area contributed by atoms with Gasteiger partial charge in [0.05, 0.1) is 13.7 Å². The van der Waals surface area contributed by atoms with Crippen LogP contribution in [-0.2, 0) is 6.18 Å². The second kappa shape index (κ2) is 5.84. The van der Waals surface area contributed by atoms with E-state index in [0.29, 0.717) is 5.75 Å². The molecular formula is C10H15F3OP2. The monoisotopic (exact) mass is 270 g/mol. The molecule has 1 aromatic rings. The molecule has 0 amide bonds. The molecule has 0 aliphatic carbocycles. The average molecular weight is 270 g/mol. The van der Waals surface area contributed by atoms with Crippen molar-refractivity contribution in [3.05, 3.63) is 29.3 Å². The van der Waals surface area contributed by atoms with Crippen molar-refractivity contribution in [3.63, 3.8) is 0 Å². The Morgan fingerprint density at radius 1 is 1.19 bits per heavy atom. The van der Waals surface area contributed by atoms with Crippen LogP contribution in [0, 0.1) is 6.92 Å². The van der Waals surface area contributed by atoms with Gasteiger partial charge < -0.3 is 4.52 Å². The normalized spacial score (nSPS) is 11.2. The largest absolute Gasteiger partial charge is 0.474 e. The predicted molar refractivity (Wildman–Crippen MR) is 66.7 cm³/mol. The number of hydrogen-bond acceptors (Lipinski definition) is 1. The minimum atomic E-state index is -4.31. The van der Waals surface area contributed by atoms with E-state index in [2.05, 4.69) is 0 Å². The van der Waals surface area contributed by atoms with E-state index in [1.54, 1.807) is 6.92 Å². The van der Waals surface area contributed by atoms with Crippen molar-refractivity contribution in [1.29, 1.82) is 0 Å². The van der Waals surface area contributed by atoms with Gasteiger partial charge in [-0.3, -0.25) is 0 Å². The molecule has 1 rings (SSSR count). The summed E-state index contributed by atoms with van der Waals surface area (Å²) in [4.78, 5) is 0. The number of aryl methyl sites for hydroxylation is 1. The van der Waals surface area contributed by atoms with E-state index in [1.807, 2.05) is 13.3 Å². The molecule has 0 fully saturated rings. The third-order valence-electron chi connectivity index (χ3n) is 1.80. The van der Waals surface area contributed by atoms with E-state index in [-0.39, 0.29) is 9.90 Å². The minimum Gasteiger partial charge on any atom is -0.474 e. The summed E-state index contributed by atoms with van der Waals surface area (Å²) in [6.07, 6.45) is -4.31. The molecule has 0 aromatic heterocycles. The molecule has 16 heavy (non-hydrogen) atoms. The Morgan fingerprint density at radius 2 is 1.75 bits per heavy atom. The highest BCUT2D eigenvalue weighted by molar-refractivity contribution is 7.51. The van der Waals surface area contributed by atoms with E-state index in [0.717, 1.165) is 17.7 Å². The molecule has 0 radical (unpaired) electrons. The van der Waals surface area contributed by atoms with Crippen molar-refractivity contribution in [3.8, 4) is 5.75 Å². The summed E-state index contributed by atoms with van der Waals surface area (Å²) in [6.45, 7) is 5.42. The lowest BCUT2D eigenvalue weighted by molar-refractivity contribution is -0.137. The number of halogens is 3. The smallest absolute Gasteiger partial charge is 0.416 e. The molecule has 0 saturated heterocycles. The Balaban J connectivity index is 0.00000225. The molecule has 0 heterocycles. The van der Waals surface area contributed by atoms with Gasteiger partial charge in [0.2, 0.25) is 0 Å². The van der Waals surface area contributed by atoms with Crippen LogP contribution in [0.1, 0.15) is 11.1 Å². The molecule has 0 bridgehead atoms. The van der Waals surface area contributed by atoms with Crippen LogP contribution in [0.15, 0.2) is 18.2 Å². The highest BCUT2D eigenvalue weighted by Crippen LogP contribution is 2.37. The van der Waals surface area contributed by atoms with E-state index in [1.165, 1.54) is 6.07 Å². The minimum absolute atomic E-state index is 0. The molecule has 1 atom stereocenters. The maximum atomic E-state index is 12.4. The molecule has 1 unspecified atom stereocenters. The van der Waals surface area contributed by atoms with Crippen molar-refractivity contribution < 1.29 is 17.7 Å². The van der Waals surface area contributed by atoms with Crippen molar-refractivity contribution in [2.45, 2.75) is 13.1 Å². The van der Waals surface area contributed by atoms with Gasteiger partial charge in [-0.15, -0.1) is 0 Å². The first-order chi connectivity index (χ1) is 6.80. The van der Waals surface area contributed by atoms with Gasteiger partial charge in [0.1, 0.15) is 5.75 Å². The van der Waals surface area contributed by atoms with Gasteiger partial charge in [0, 0.05) is 0 Å². The van der Waals surface area contributed by atoms with E-state index >= 15 is 0 Å². The Kier molecular flexibility index (Phi) is 5.72. The first-order valence-corrected chi connectivity index (χ1v) is 6.49. The van der Waals surface area contributed by atoms with Crippen LogP contribution >= 0.6 is 18.0 Å². The summed E-state index contributed by atoms with van der Waals surface area (Å²) < 4.78 is 42.5. The molecule has 0 N–H and O–H groups in total. The molecule has 1 aromatic carbocycles. The van der Waals surface area contributed by atoms with E-state index in [9.17, 15) is 13.2 Å². The second-order valence-corrected chi connectivity index (χ2v) is 5.19. The van der Waals surface area contributed by atoms with Gasteiger partial charge >= 0.3 is 6.18 Å². The molecule has 6 heteroatoms. The van der Waals surface area contributed by atoms with Crippen molar-refractivity contribution in [1.82, 2.24) is 0 Å². The fourth-order valence-electron chi connectivity index (χ4n) is 1.07. The Labute approximate surface area is 97.8 Å². The van der Waals surface area contributed by atoms with Crippen molar-refractivity contribution in [2.75, 3.05) is 13.3 Å². The molecule has 1 nitrogen and oxygen atoms in total. The lowest BCUT2D eigenvalue weighted by Crippen LogP contribution is -2.05. The van der Waals surface area contributed by atoms with Crippen LogP contribution in [0.4, 0.5) is 13.2 Å². The van der Waals surface area contributed by atoms with Crippen LogP contribution < -0.4 is 4.52 Å². The first-order valence-electron chi connectivity index (χ1n) is 4.34. The molecule has 0 saturated carbocycles. The van der Waals surface area contributed by atoms with Gasteiger partial charge in [-0.25, -0.2) is 0 Å². The van der Waals surface area contributed by atoms with Gasteiger partial charge in [0.25, 0.3) is 0 Å². The van der Waals surface area contributed by atoms with Crippen molar-refractivity contribution >= 4 is 18.0 Å². The van der Waals surface area contributed by atoms with Gasteiger partial charge in [0.15, 0.2) is 0 Å². The first kappa shape index (κ1) is 15.7. The maximum Gasteiger partial charge on any atom is 0.416 e. The molecule has 0 aliphatic heterocycles. The van der Waals surface area contributed by atoms with Gasteiger partial charge in [-0.2, -0.15) is 23.1 Å². The molecule has 92 valence electrons. The fraction of sp³-hybridized carbons (Fsp3) is 0.400. The maximum absolute atomic E-state index is 12.4. The van der Waals surface area contributed by atoms with Crippen LogP contribution in [0.25, 0.3) is 0 Å². The third kappa shape index (κ3) is 4.27. The van der Waals surface area contributed by atoms with Gasteiger partial charge in [-0.05, 0) is 37.9 Å². The number of benzene rings is 1. The summed E-state index contributed by atoms with van der Waals surface area (Å²) >= 11 is 0. The Morgan fingerprint density at radius 3 is 2.19 bits per heavy atom. The Hall–Kier alpha value is -0.330. The zero-order chi connectivity index (χ0) is 11.6. The van der Waals surface area contributed by atoms with E-state index < -0.39 is 19.9 Å². The summed E-state index contributed by atoms with van der Waals surface area (Å²) in [5, 5.41) is 0. The van der Waals surface area contributed by atoms with Crippen LogP contribution in [0.5, 0.6) is 5.75 Å². The standard InChI is InChI=1S/C10H12F3OP.H3P/c1-7-4-5-8(10(11,12)13)6-9(7)14-15(2)3;/h4-6H,1-3H3;1H3. The zero-order valence-electron chi connectivity index (χ0n) is 9.43. The summed E-state index contributed by atoms with van der Waals surface area (Å²) in [5.41, 5.74) is 0.0548. The molecule has 0 aliphatic rings. The molecule has 0 spiro atoms. The topological polar surface area (TPSA) is 9.23 Å². The molecular weight excluding hydrogens is 255 g/mol. The summed E-state index contributed by atoms with van der Waals surface area (Å²) in [5.74, 6) is 0.320. The van der Waals surface area contributed by atoms with Crippen LogP contribution in [-0.4, -0.2) is 13.3 Å². The number of rotatable bonds is 2. The third-order valence-corrected chi connectivity index (χ3v) is 2.36. The highest BCUT2D eigenvalue weighted by Gasteiger charge is 2.31. The second-order valence-electron chi connectivity index (χ2n) is 3.38. The number of hydrogen-bond donors (Lipinski definition) is 0. The number of alkyl halides is 3. The highest BCUT2D eigenvalue weighted by atomic mass is 31.1. The van der Waals surface area contributed by atoms with E-state index in [4.69, 9.17) is 4.52 Å². The summed E-state index contributed by atoms with van der Waals surface area (Å²) in [6, 6.07) is 3.55. The Bertz CT molecular complexity index is 350. The van der Waals surface area contributed by atoms with Crippen LogP contribution in [0.2, 0.25) is 0 Å². The van der Waals surface area contributed by atoms with Gasteiger partial charge in [-0.1, -0.05) is 6.07 Å². The lowest BCUT2D eigenvalue weighted by atomic mass is 10.1. The van der Waals surface area contributed by atoms with Crippen LogP contribution in [0.3, 0.4) is 0 Å². The fourth-order valence-corrected chi connectivity index (χ4v) is 1.66. The zero-order valence-corrected chi connectivity index (χ0v) is 11.7. The predicted octanol–water partition coefficient (Wildman–Crippen LogP) is 4.11. The average Bonchev–Trinajstić information content (AvgIpc) is 2.06. The lowest BCUT2D eigenvalue weighted by Gasteiger charge is -2.14. The summed E-state index contributed by atoms with van der Waals surface area (Å²) in [7, 11) is -0.709. The van der Waals surface area contributed by atoms with Crippen molar-refractivity contribution in [2.24, 2.45) is 0 Å². The SMILES string of the molecule is Cc1ccc(C(F)(F)F)cc1OP(C)C.P. The quantitative estimate of drug-likeness (QED) is 0.735.